The summed E-state index contributed by atoms with van der Waals surface area (Å²) in [6.45, 7) is 9.72. The molecule has 2 aliphatic heterocycles. The van der Waals surface area contributed by atoms with Gasteiger partial charge in [-0.2, -0.15) is 5.26 Å². The van der Waals surface area contributed by atoms with Crippen LogP contribution in [0.3, 0.4) is 0 Å². The third-order valence-electron chi connectivity index (χ3n) is 7.54. The number of hydrogen-bond acceptors (Lipinski definition) is 8. The van der Waals surface area contributed by atoms with Crippen LogP contribution in [-0.4, -0.2) is 77.2 Å². The Hall–Kier alpha value is -4.10. The highest BCUT2D eigenvalue weighted by Crippen LogP contribution is 2.33. The molecule has 1 saturated heterocycles. The maximum Gasteiger partial charge on any atom is 0.411 e. The van der Waals surface area contributed by atoms with E-state index in [9.17, 15) is 19.6 Å². The largest absolute Gasteiger partial charge is 0.487 e. The fraction of sp³-hybridized carbons (Fsp3) is 0.469. The second-order valence-corrected chi connectivity index (χ2v) is 12.3. The SMILES string of the molecule is COC(=O)[C@H]1C[C@H](Oc2cncc(Cl)c2)CN(C(=O)OC(C)(C)C)[C@@H]1C(=O)N1CC=C(c2cc(C)c(C#N)c(C)c2)CC1. The minimum Gasteiger partial charge on any atom is -0.487 e. The number of rotatable bonds is 5. The maximum absolute atomic E-state index is 14.1. The Morgan fingerprint density at radius 2 is 1.81 bits per heavy atom. The highest BCUT2D eigenvalue weighted by atomic mass is 35.5. The molecule has 0 bridgehead atoms. The molecular formula is C32H37ClN4O6. The van der Waals surface area contributed by atoms with E-state index in [1.165, 1.54) is 24.4 Å². The number of halogens is 1. The van der Waals surface area contributed by atoms with Gasteiger partial charge in [0, 0.05) is 31.8 Å². The van der Waals surface area contributed by atoms with Crippen molar-refractivity contribution in [3.63, 3.8) is 0 Å². The summed E-state index contributed by atoms with van der Waals surface area (Å²) in [6.07, 6.45) is 4.26. The number of aromatic nitrogens is 1. The van der Waals surface area contributed by atoms with Crippen LogP contribution in [0.5, 0.6) is 5.75 Å². The quantitative estimate of drug-likeness (QED) is 0.431. The van der Waals surface area contributed by atoms with Gasteiger partial charge >= 0.3 is 12.1 Å². The van der Waals surface area contributed by atoms with Gasteiger partial charge in [0.05, 0.1) is 42.4 Å². The zero-order valence-corrected chi connectivity index (χ0v) is 26.1. The van der Waals surface area contributed by atoms with Gasteiger partial charge in [-0.05, 0) is 63.3 Å². The van der Waals surface area contributed by atoms with Crippen LogP contribution >= 0.6 is 11.6 Å². The first-order chi connectivity index (χ1) is 20.3. The van der Waals surface area contributed by atoms with E-state index in [4.69, 9.17) is 25.8 Å². The number of hydrogen-bond donors (Lipinski definition) is 0. The van der Waals surface area contributed by atoms with Gasteiger partial charge in [-0.15, -0.1) is 0 Å². The zero-order valence-electron chi connectivity index (χ0n) is 25.3. The number of methoxy groups -OCH3 is 1. The molecule has 2 aliphatic rings. The first kappa shape index (κ1) is 31.8. The van der Waals surface area contributed by atoms with Crippen LogP contribution < -0.4 is 4.74 Å². The number of carbonyl (C=O) groups is 3. The predicted octanol–water partition coefficient (Wildman–Crippen LogP) is 5.09. The molecule has 1 aromatic carbocycles. The highest BCUT2D eigenvalue weighted by Gasteiger charge is 2.50. The molecule has 0 aliphatic carbocycles. The summed E-state index contributed by atoms with van der Waals surface area (Å²) in [5.41, 5.74) is 3.71. The third kappa shape index (κ3) is 7.46. The van der Waals surface area contributed by atoms with E-state index in [1.807, 2.05) is 32.1 Å². The van der Waals surface area contributed by atoms with Crippen molar-refractivity contribution in [2.45, 2.75) is 65.2 Å². The molecule has 11 heteroatoms. The summed E-state index contributed by atoms with van der Waals surface area (Å²) in [4.78, 5) is 47.8. The van der Waals surface area contributed by atoms with Crippen LogP contribution in [0.15, 0.2) is 36.7 Å². The molecule has 3 atom stereocenters. The fourth-order valence-corrected chi connectivity index (χ4v) is 5.77. The van der Waals surface area contributed by atoms with Crippen molar-refractivity contribution < 1.29 is 28.6 Å². The molecule has 10 nitrogen and oxygen atoms in total. The van der Waals surface area contributed by atoms with Crippen molar-refractivity contribution >= 4 is 35.1 Å². The smallest absolute Gasteiger partial charge is 0.411 e. The Labute approximate surface area is 257 Å². The average Bonchev–Trinajstić information content (AvgIpc) is 2.95. The number of pyridine rings is 1. The lowest BCUT2D eigenvalue weighted by Crippen LogP contribution is -2.63. The summed E-state index contributed by atoms with van der Waals surface area (Å²) >= 11 is 6.08. The summed E-state index contributed by atoms with van der Waals surface area (Å²) < 4.78 is 16.9. The van der Waals surface area contributed by atoms with Gasteiger partial charge in [0.1, 0.15) is 23.5 Å². The van der Waals surface area contributed by atoms with Crippen molar-refractivity contribution in [2.24, 2.45) is 5.92 Å². The molecule has 0 spiro atoms. The molecule has 43 heavy (non-hydrogen) atoms. The van der Waals surface area contributed by atoms with E-state index in [1.54, 1.807) is 31.7 Å². The van der Waals surface area contributed by atoms with E-state index in [2.05, 4.69) is 11.1 Å². The standard InChI is InChI=1S/C32H37ClN4O6/c1-19-11-22(12-20(2)27(19)15-34)21-7-9-36(10-8-21)29(38)28-26(30(39)41-6)14-25(42-24-13-23(33)16-35-17-24)18-37(28)31(40)43-32(3,4)5/h7,11-13,16-17,25-26,28H,8-10,14,18H2,1-6H3/t25-,26-,28-/m0/s1. The lowest BCUT2D eigenvalue weighted by atomic mass is 9.86. The summed E-state index contributed by atoms with van der Waals surface area (Å²) in [6, 6.07) is 6.67. The van der Waals surface area contributed by atoms with Crippen LogP contribution in [0, 0.1) is 31.1 Å². The van der Waals surface area contributed by atoms with Gasteiger partial charge in [-0.25, -0.2) is 4.79 Å². The molecule has 0 radical (unpaired) electrons. The first-order valence-electron chi connectivity index (χ1n) is 14.2. The summed E-state index contributed by atoms with van der Waals surface area (Å²) in [5.74, 6) is -1.62. The molecule has 4 rings (SSSR count). The third-order valence-corrected chi connectivity index (χ3v) is 7.74. The molecule has 228 valence electrons. The minimum absolute atomic E-state index is 0.00402. The molecule has 1 aromatic heterocycles. The summed E-state index contributed by atoms with van der Waals surface area (Å²) in [5, 5.41) is 9.80. The van der Waals surface area contributed by atoms with Crippen LogP contribution in [0.4, 0.5) is 4.79 Å². The van der Waals surface area contributed by atoms with Crippen LogP contribution in [0.25, 0.3) is 5.57 Å². The van der Waals surface area contributed by atoms with Gasteiger partial charge in [0.15, 0.2) is 0 Å². The number of esters is 1. The first-order valence-corrected chi connectivity index (χ1v) is 14.5. The van der Waals surface area contributed by atoms with Crippen molar-refractivity contribution in [1.29, 1.82) is 5.26 Å². The van der Waals surface area contributed by atoms with E-state index in [0.717, 1.165) is 22.3 Å². The van der Waals surface area contributed by atoms with Gasteiger partial charge in [0.25, 0.3) is 0 Å². The van der Waals surface area contributed by atoms with E-state index >= 15 is 0 Å². The van der Waals surface area contributed by atoms with Crippen LogP contribution in [-0.2, 0) is 19.1 Å². The Morgan fingerprint density at radius 1 is 1.12 bits per heavy atom. The predicted molar refractivity (Wildman–Crippen MR) is 160 cm³/mol. The van der Waals surface area contributed by atoms with Gasteiger partial charge in [-0.1, -0.05) is 29.8 Å². The van der Waals surface area contributed by atoms with E-state index in [0.29, 0.717) is 35.8 Å². The lowest BCUT2D eigenvalue weighted by Gasteiger charge is -2.44. The number of likely N-dealkylation sites (tertiary alicyclic amines) is 1. The number of amides is 2. The average molecular weight is 609 g/mol. The van der Waals surface area contributed by atoms with Crippen LogP contribution in [0.2, 0.25) is 5.02 Å². The number of nitrogens with zero attached hydrogens (tertiary/aromatic N) is 4. The Kier molecular flexibility index (Phi) is 9.65. The molecule has 0 saturated carbocycles. The Bertz CT molecular complexity index is 1450. The number of ether oxygens (including phenoxy) is 3. The fourth-order valence-electron chi connectivity index (χ4n) is 5.61. The Balaban J connectivity index is 1.62. The molecule has 3 heterocycles. The van der Waals surface area contributed by atoms with Crippen molar-refractivity contribution in [2.75, 3.05) is 26.7 Å². The van der Waals surface area contributed by atoms with Gasteiger partial charge < -0.3 is 19.1 Å². The molecule has 2 aromatic rings. The number of piperidine rings is 1. The maximum atomic E-state index is 14.1. The number of aryl methyl sites for hydroxylation is 2. The number of benzene rings is 1. The van der Waals surface area contributed by atoms with E-state index in [-0.39, 0.29) is 18.9 Å². The van der Waals surface area contributed by atoms with Crippen molar-refractivity contribution in [3.8, 4) is 11.8 Å². The second-order valence-electron chi connectivity index (χ2n) is 11.9. The molecule has 2 amide bonds. The monoisotopic (exact) mass is 608 g/mol. The molecule has 0 N–H and O–H groups in total. The van der Waals surface area contributed by atoms with Crippen LogP contribution in [0.1, 0.15) is 55.9 Å². The normalized spacial score (nSPS) is 20.5. The van der Waals surface area contributed by atoms with Crippen molar-refractivity contribution in [3.05, 3.63) is 63.9 Å². The zero-order chi connectivity index (χ0) is 31.5. The molecular weight excluding hydrogens is 572 g/mol. The van der Waals surface area contributed by atoms with E-state index < -0.39 is 35.7 Å². The number of nitriles is 1. The lowest BCUT2D eigenvalue weighted by molar-refractivity contribution is -0.159. The minimum atomic E-state index is -1.14. The Morgan fingerprint density at radius 3 is 2.37 bits per heavy atom. The molecule has 0 unspecified atom stereocenters. The van der Waals surface area contributed by atoms with Gasteiger partial charge in [-0.3, -0.25) is 19.5 Å². The van der Waals surface area contributed by atoms with Gasteiger partial charge in [0.2, 0.25) is 5.91 Å². The topological polar surface area (TPSA) is 122 Å². The highest BCUT2D eigenvalue weighted by molar-refractivity contribution is 6.30. The number of carbonyl (C=O) groups excluding carboxylic acids is 3. The second kappa shape index (κ2) is 13.0. The molecule has 1 fully saturated rings. The van der Waals surface area contributed by atoms with Crippen molar-refractivity contribution in [1.82, 2.24) is 14.8 Å². The summed E-state index contributed by atoms with van der Waals surface area (Å²) in [7, 11) is 1.25.